The lowest BCUT2D eigenvalue weighted by Crippen LogP contribution is -2.55. The van der Waals surface area contributed by atoms with E-state index in [1.54, 1.807) is 24.3 Å². The fraction of sp³-hybridized carbons (Fsp3) is 0.619. The minimum Gasteiger partial charge on any atom is -0.390 e. The van der Waals surface area contributed by atoms with E-state index >= 15 is 0 Å². The van der Waals surface area contributed by atoms with E-state index in [0.717, 1.165) is 25.7 Å². The van der Waals surface area contributed by atoms with Crippen molar-refractivity contribution >= 4 is 21.8 Å². The second-order valence-electron chi connectivity index (χ2n) is 9.28. The maximum Gasteiger partial charge on any atom is 0.304 e. The van der Waals surface area contributed by atoms with Crippen LogP contribution in [0.1, 0.15) is 37.7 Å². The molecule has 0 spiro atoms. The summed E-state index contributed by atoms with van der Waals surface area (Å²) in [7, 11) is -3.81. The zero-order valence-electron chi connectivity index (χ0n) is 16.7. The molecule has 1 saturated heterocycles. The van der Waals surface area contributed by atoms with Gasteiger partial charge in [-0.05, 0) is 74.1 Å². The van der Waals surface area contributed by atoms with Crippen molar-refractivity contribution in [3.8, 4) is 6.07 Å². The summed E-state index contributed by atoms with van der Waals surface area (Å²) in [5.74, 6) is 0.813. The highest BCUT2D eigenvalue weighted by atomic mass is 32.2. The number of carbonyl (C=O) groups is 1. The molecule has 6 rings (SSSR count). The molecule has 1 aliphatic heterocycles. The molecule has 9 heteroatoms. The molecule has 1 heterocycles. The first-order chi connectivity index (χ1) is 14.3. The molecule has 30 heavy (non-hydrogen) atoms. The Bertz CT molecular complexity index is 1000. The first kappa shape index (κ1) is 19.8. The SMILES string of the molecule is N#Cc1ccc(N2CCCN(CC(=O)NC3C4CC5CC(O)(C4)CC53)S2(=O)=O)cc1. The smallest absolute Gasteiger partial charge is 0.304 e. The number of hydrogen-bond acceptors (Lipinski definition) is 5. The molecule has 4 bridgehead atoms. The highest BCUT2D eigenvalue weighted by Gasteiger charge is 2.60. The van der Waals surface area contributed by atoms with Gasteiger partial charge in [0.05, 0.1) is 29.5 Å². The second-order valence-corrected chi connectivity index (χ2v) is 11.1. The van der Waals surface area contributed by atoms with Crippen LogP contribution in [-0.2, 0) is 15.0 Å². The van der Waals surface area contributed by atoms with Crippen molar-refractivity contribution in [3.63, 3.8) is 0 Å². The minimum atomic E-state index is -3.81. The summed E-state index contributed by atoms with van der Waals surface area (Å²) < 4.78 is 28.8. The number of hydrogen-bond donors (Lipinski definition) is 2. The number of amides is 1. The van der Waals surface area contributed by atoms with E-state index in [2.05, 4.69) is 5.32 Å². The normalized spacial score (nSPS) is 36.6. The van der Waals surface area contributed by atoms with Gasteiger partial charge in [-0.3, -0.25) is 9.10 Å². The van der Waals surface area contributed by atoms with Gasteiger partial charge in [-0.15, -0.1) is 0 Å². The van der Waals surface area contributed by atoms with E-state index in [9.17, 15) is 18.3 Å². The van der Waals surface area contributed by atoms with Gasteiger partial charge >= 0.3 is 10.2 Å². The largest absolute Gasteiger partial charge is 0.390 e. The molecule has 0 aromatic heterocycles. The third-order valence-corrected chi connectivity index (χ3v) is 9.30. The van der Waals surface area contributed by atoms with Crippen LogP contribution in [0, 0.1) is 29.1 Å². The molecule has 4 aliphatic carbocycles. The average molecular weight is 431 g/mol. The average Bonchev–Trinajstić information content (AvgIpc) is 3.08. The van der Waals surface area contributed by atoms with Crippen molar-refractivity contribution in [3.05, 3.63) is 29.8 Å². The molecule has 5 aliphatic rings. The number of nitrogens with one attached hydrogen (secondary N) is 1. The molecule has 5 atom stereocenters. The van der Waals surface area contributed by atoms with Gasteiger partial charge in [0.25, 0.3) is 0 Å². The molecule has 5 fully saturated rings. The fourth-order valence-corrected chi connectivity index (χ4v) is 7.93. The van der Waals surface area contributed by atoms with Gasteiger partial charge in [0, 0.05) is 19.1 Å². The van der Waals surface area contributed by atoms with Crippen LogP contribution in [0.25, 0.3) is 0 Å². The molecule has 0 radical (unpaired) electrons. The number of anilines is 1. The molecule has 2 N–H and O–H groups in total. The van der Waals surface area contributed by atoms with Crippen molar-refractivity contribution in [2.24, 2.45) is 17.8 Å². The Morgan fingerprint density at radius 1 is 1.20 bits per heavy atom. The molecule has 1 aromatic carbocycles. The lowest BCUT2D eigenvalue weighted by Gasteiger charge is -2.39. The molecule has 160 valence electrons. The highest BCUT2D eigenvalue weighted by Crippen LogP contribution is 2.59. The molecule has 4 saturated carbocycles. The first-order valence-electron chi connectivity index (χ1n) is 10.6. The maximum atomic E-state index is 13.1. The number of aliphatic hydroxyl groups is 1. The van der Waals surface area contributed by atoms with Crippen LogP contribution in [-0.4, -0.2) is 55.0 Å². The van der Waals surface area contributed by atoms with E-state index < -0.39 is 15.8 Å². The predicted octanol–water partition coefficient (Wildman–Crippen LogP) is 0.981. The Kier molecular flexibility index (Phi) is 4.58. The van der Waals surface area contributed by atoms with Crippen LogP contribution in [0.5, 0.6) is 0 Å². The van der Waals surface area contributed by atoms with Gasteiger partial charge in [-0.1, -0.05) is 0 Å². The third-order valence-electron chi connectivity index (χ3n) is 7.39. The molecule has 8 nitrogen and oxygen atoms in total. The van der Waals surface area contributed by atoms with E-state index in [0.29, 0.717) is 48.5 Å². The number of rotatable bonds is 4. The standard InChI is InChI=1S/C21H26N4O4S/c22-12-14-2-4-17(5-3-14)25-7-1-6-24(30(25,28)29)13-19(26)23-20-16-8-15-9-21(27,10-16)11-18(15)20/h2-5,15-16,18,20,27H,1,6-11,13H2,(H,23,26). The summed E-state index contributed by atoms with van der Waals surface area (Å²) >= 11 is 0. The molecule has 1 aromatic rings. The lowest BCUT2D eigenvalue weighted by atomic mass is 9.76. The van der Waals surface area contributed by atoms with Crippen molar-refractivity contribution in [1.29, 1.82) is 5.26 Å². The third kappa shape index (κ3) is 3.18. The van der Waals surface area contributed by atoms with Crippen molar-refractivity contribution < 1.29 is 18.3 Å². The minimum absolute atomic E-state index is 0.0485. The number of benzene rings is 1. The summed E-state index contributed by atoms with van der Waals surface area (Å²) in [4.78, 5) is 12.8. The summed E-state index contributed by atoms with van der Waals surface area (Å²) in [5.41, 5.74) is 0.420. The summed E-state index contributed by atoms with van der Waals surface area (Å²) in [6.45, 7) is 0.460. The monoisotopic (exact) mass is 430 g/mol. The van der Waals surface area contributed by atoms with E-state index in [-0.39, 0.29) is 18.5 Å². The van der Waals surface area contributed by atoms with E-state index in [1.165, 1.54) is 8.61 Å². The van der Waals surface area contributed by atoms with Gasteiger partial charge < -0.3 is 10.4 Å². The fourth-order valence-electron chi connectivity index (χ4n) is 6.26. The summed E-state index contributed by atoms with van der Waals surface area (Å²) in [6.07, 6.45) is 3.98. The van der Waals surface area contributed by atoms with Gasteiger partial charge in [-0.25, -0.2) is 0 Å². The predicted molar refractivity (Wildman–Crippen MR) is 109 cm³/mol. The van der Waals surface area contributed by atoms with Crippen LogP contribution < -0.4 is 9.62 Å². The van der Waals surface area contributed by atoms with Crippen LogP contribution >= 0.6 is 0 Å². The Balaban J connectivity index is 1.26. The molecule has 5 unspecified atom stereocenters. The van der Waals surface area contributed by atoms with Crippen molar-refractivity contribution in [1.82, 2.24) is 9.62 Å². The van der Waals surface area contributed by atoms with Crippen molar-refractivity contribution in [2.45, 2.75) is 43.7 Å². The van der Waals surface area contributed by atoms with Crippen molar-refractivity contribution in [2.75, 3.05) is 23.9 Å². The Morgan fingerprint density at radius 2 is 1.93 bits per heavy atom. The zero-order chi connectivity index (χ0) is 21.1. The van der Waals surface area contributed by atoms with Gasteiger partial charge in [0.15, 0.2) is 0 Å². The van der Waals surface area contributed by atoms with Gasteiger partial charge in [-0.2, -0.15) is 18.0 Å². The number of nitrogens with zero attached hydrogens (tertiary/aromatic N) is 3. The molecule has 1 amide bonds. The van der Waals surface area contributed by atoms with E-state index in [1.807, 2.05) is 6.07 Å². The van der Waals surface area contributed by atoms with Crippen LogP contribution in [0.3, 0.4) is 0 Å². The molecular weight excluding hydrogens is 404 g/mol. The van der Waals surface area contributed by atoms with Crippen LogP contribution in [0.4, 0.5) is 5.69 Å². The zero-order valence-corrected chi connectivity index (χ0v) is 17.5. The topological polar surface area (TPSA) is 114 Å². The van der Waals surface area contributed by atoms with Crippen LogP contribution in [0.15, 0.2) is 24.3 Å². The first-order valence-corrected chi connectivity index (χ1v) is 12.0. The van der Waals surface area contributed by atoms with Gasteiger partial charge in [0.2, 0.25) is 5.91 Å². The number of carbonyl (C=O) groups excluding carboxylic acids is 1. The van der Waals surface area contributed by atoms with Gasteiger partial charge in [0.1, 0.15) is 0 Å². The Hall–Kier alpha value is -2.15. The Labute approximate surface area is 176 Å². The highest BCUT2D eigenvalue weighted by molar-refractivity contribution is 7.90. The second kappa shape index (κ2) is 6.94. The molecular formula is C21H26N4O4S. The maximum absolute atomic E-state index is 13.1. The summed E-state index contributed by atoms with van der Waals surface area (Å²) in [6, 6.07) is 8.50. The van der Waals surface area contributed by atoms with Crippen LogP contribution in [0.2, 0.25) is 0 Å². The Morgan fingerprint density at radius 3 is 2.63 bits per heavy atom. The summed E-state index contributed by atoms with van der Waals surface area (Å²) in [5, 5.41) is 22.6. The van der Waals surface area contributed by atoms with E-state index in [4.69, 9.17) is 5.26 Å². The quantitative estimate of drug-likeness (QED) is 0.739. The number of nitriles is 1. The lowest BCUT2D eigenvalue weighted by molar-refractivity contribution is -0.123.